The highest BCUT2D eigenvalue weighted by Gasteiger charge is 2.29. The number of carbonyl (C=O) groups excluding carboxylic acids is 1. The van der Waals surface area contributed by atoms with Crippen LogP contribution in [0.4, 0.5) is 5.95 Å². The van der Waals surface area contributed by atoms with E-state index in [1.54, 1.807) is 18.0 Å². The van der Waals surface area contributed by atoms with E-state index in [1.807, 2.05) is 31.4 Å². The smallest absolute Gasteiger partial charge is 0.232 e. The van der Waals surface area contributed by atoms with E-state index in [2.05, 4.69) is 22.6 Å². The lowest BCUT2D eigenvalue weighted by Crippen LogP contribution is -2.34. The summed E-state index contributed by atoms with van der Waals surface area (Å²) in [5, 5.41) is 0.424. The third kappa shape index (κ3) is 4.15. The molecule has 3 rings (SSSR count). The maximum Gasteiger partial charge on any atom is 0.232 e. The van der Waals surface area contributed by atoms with Crippen molar-refractivity contribution in [1.29, 1.82) is 0 Å². The van der Waals surface area contributed by atoms with E-state index >= 15 is 0 Å². The number of ether oxygens (including phenoxy) is 1. The Morgan fingerprint density at radius 1 is 1.42 bits per heavy atom. The van der Waals surface area contributed by atoms with Gasteiger partial charge in [0.15, 0.2) is 5.65 Å². The Morgan fingerprint density at radius 2 is 2.12 bits per heavy atom. The van der Waals surface area contributed by atoms with Crippen LogP contribution in [0, 0.1) is 0 Å². The number of hydrogen-bond acceptors (Lipinski definition) is 5. The molecule has 1 saturated carbocycles. The van der Waals surface area contributed by atoms with Crippen LogP contribution in [0.25, 0.3) is 11.2 Å². The van der Waals surface area contributed by atoms with E-state index in [0.29, 0.717) is 17.1 Å². The molecule has 142 valence electrons. The number of nitrogens with zero attached hydrogens (tertiary/aromatic N) is 4. The lowest BCUT2D eigenvalue weighted by Gasteiger charge is -2.31. The first-order valence-corrected chi connectivity index (χ1v) is 9.72. The van der Waals surface area contributed by atoms with Crippen LogP contribution in [0.2, 0.25) is 5.15 Å². The molecule has 0 unspecified atom stereocenters. The Kier molecular flexibility index (Phi) is 5.51. The summed E-state index contributed by atoms with van der Waals surface area (Å²) in [6, 6.07) is 3.86. The van der Waals surface area contributed by atoms with Crippen LogP contribution < -0.4 is 4.90 Å². The summed E-state index contributed by atoms with van der Waals surface area (Å²) in [5.74, 6) is 0.497. The lowest BCUT2D eigenvalue weighted by atomic mass is 9.93. The average molecular weight is 397 g/mol. The minimum Gasteiger partial charge on any atom is -0.362 e. The van der Waals surface area contributed by atoms with E-state index < -0.39 is 5.44 Å². The summed E-state index contributed by atoms with van der Waals surface area (Å²) >= 11 is 10.5. The molecule has 0 aromatic carbocycles. The first-order chi connectivity index (χ1) is 12.2. The molecule has 0 saturated heterocycles. The van der Waals surface area contributed by atoms with Gasteiger partial charge >= 0.3 is 0 Å². The largest absolute Gasteiger partial charge is 0.362 e. The zero-order valence-corrected chi connectivity index (χ0v) is 17.2. The molecule has 0 spiro atoms. The number of hydrogen-bond donors (Lipinski definition) is 1. The number of anilines is 1. The molecule has 6 nitrogen and oxygen atoms in total. The van der Waals surface area contributed by atoms with Crippen LogP contribution in [0.3, 0.4) is 0 Å². The minimum atomic E-state index is -0.473. The number of pyridine rings is 1. The van der Waals surface area contributed by atoms with Crippen molar-refractivity contribution in [3.63, 3.8) is 0 Å². The molecule has 8 heteroatoms. The molecule has 26 heavy (non-hydrogen) atoms. The highest BCUT2D eigenvalue weighted by atomic mass is 35.5. The Hall–Kier alpha value is -1.31. The summed E-state index contributed by atoms with van der Waals surface area (Å²) in [7, 11) is 1.73. The quantitative estimate of drug-likeness (QED) is 0.466. The van der Waals surface area contributed by atoms with Gasteiger partial charge < -0.3 is 4.74 Å². The van der Waals surface area contributed by atoms with E-state index in [4.69, 9.17) is 16.3 Å². The summed E-state index contributed by atoms with van der Waals surface area (Å²) in [6.07, 6.45) is 3.44. The van der Waals surface area contributed by atoms with Gasteiger partial charge in [-0.2, -0.15) is 0 Å². The predicted molar refractivity (Wildman–Crippen MR) is 107 cm³/mol. The predicted octanol–water partition coefficient (Wildman–Crippen LogP) is 4.23. The fraction of sp³-hybridized carbons (Fsp3) is 0.611. The Balaban J connectivity index is 1.87. The van der Waals surface area contributed by atoms with Gasteiger partial charge in [-0.25, -0.2) is 9.97 Å². The lowest BCUT2D eigenvalue weighted by molar-refractivity contribution is -0.121. The molecule has 1 aliphatic rings. The first kappa shape index (κ1) is 19.5. The summed E-state index contributed by atoms with van der Waals surface area (Å²) in [6.45, 7) is 5.82. The van der Waals surface area contributed by atoms with Crippen LogP contribution in [0.15, 0.2) is 12.1 Å². The molecule has 1 aliphatic carbocycles. The van der Waals surface area contributed by atoms with Crippen molar-refractivity contribution in [3.8, 4) is 0 Å². The normalized spacial score (nSPS) is 16.5. The molecule has 0 bridgehead atoms. The molecule has 1 atom stereocenters. The highest BCUT2D eigenvalue weighted by molar-refractivity contribution is 7.80. The summed E-state index contributed by atoms with van der Waals surface area (Å²) < 4.78 is 7.78. The Labute approximate surface area is 164 Å². The number of rotatable bonds is 5. The second-order valence-electron chi connectivity index (χ2n) is 7.68. The van der Waals surface area contributed by atoms with Gasteiger partial charge in [0.1, 0.15) is 16.1 Å². The van der Waals surface area contributed by atoms with Crippen LogP contribution in [0.1, 0.15) is 52.5 Å². The molecule has 0 aliphatic heterocycles. The Bertz CT molecular complexity index is 813. The van der Waals surface area contributed by atoms with Crippen molar-refractivity contribution >= 4 is 47.2 Å². The van der Waals surface area contributed by atoms with Gasteiger partial charge in [-0.3, -0.25) is 14.3 Å². The number of amides is 1. The van der Waals surface area contributed by atoms with Crippen LogP contribution in [0.5, 0.6) is 0 Å². The standard InChI is InChI=1S/C18H25ClN4O2S/c1-18(2,3)25-15(26)10-14(24)22(4)17-20-12-8-9-13(19)21-16(12)23(17)11-6-5-7-11/h8-9,11,15,26H,5-7,10H2,1-4H3/t15-/m1/s1. The number of aromatic nitrogens is 3. The van der Waals surface area contributed by atoms with Gasteiger partial charge in [0, 0.05) is 13.1 Å². The second kappa shape index (κ2) is 7.37. The topological polar surface area (TPSA) is 60.3 Å². The molecular formula is C18H25ClN4O2S. The molecule has 1 fully saturated rings. The van der Waals surface area contributed by atoms with E-state index in [1.165, 1.54) is 6.42 Å². The van der Waals surface area contributed by atoms with Crippen molar-refractivity contribution in [1.82, 2.24) is 14.5 Å². The zero-order chi connectivity index (χ0) is 19.1. The van der Waals surface area contributed by atoms with Gasteiger partial charge in [0.2, 0.25) is 11.9 Å². The molecule has 2 aromatic heterocycles. The number of carbonyl (C=O) groups is 1. The summed E-state index contributed by atoms with van der Waals surface area (Å²) in [4.78, 5) is 23.4. The molecule has 2 aromatic rings. The monoisotopic (exact) mass is 396 g/mol. The molecule has 0 N–H and O–H groups in total. The number of thiol groups is 1. The zero-order valence-electron chi connectivity index (χ0n) is 15.6. The Morgan fingerprint density at radius 3 is 2.69 bits per heavy atom. The average Bonchev–Trinajstić information content (AvgIpc) is 2.81. The van der Waals surface area contributed by atoms with E-state index in [0.717, 1.165) is 24.0 Å². The van der Waals surface area contributed by atoms with Gasteiger partial charge in [-0.1, -0.05) is 11.6 Å². The van der Waals surface area contributed by atoms with Crippen molar-refractivity contribution in [3.05, 3.63) is 17.3 Å². The maximum atomic E-state index is 12.8. The maximum absolute atomic E-state index is 12.8. The molecule has 1 amide bonds. The minimum absolute atomic E-state index is 0.101. The SMILES string of the molecule is CN(C(=O)C[C@@H](S)OC(C)(C)C)c1nc2ccc(Cl)nc2n1C1CCC1. The number of halogens is 1. The van der Waals surface area contributed by atoms with Crippen LogP contribution in [-0.4, -0.2) is 38.5 Å². The molecule has 2 heterocycles. The second-order valence-corrected chi connectivity index (χ2v) is 8.65. The third-order valence-corrected chi connectivity index (χ3v) is 4.94. The fourth-order valence-corrected chi connectivity index (χ4v) is 3.62. The number of fused-ring (bicyclic) bond motifs is 1. The van der Waals surface area contributed by atoms with Gasteiger partial charge in [-0.15, -0.1) is 12.6 Å². The van der Waals surface area contributed by atoms with Gasteiger partial charge in [-0.05, 0) is 52.2 Å². The third-order valence-electron chi connectivity index (χ3n) is 4.44. The van der Waals surface area contributed by atoms with Gasteiger partial charge in [0.05, 0.1) is 12.0 Å². The van der Waals surface area contributed by atoms with Crippen molar-refractivity contribution in [2.75, 3.05) is 11.9 Å². The van der Waals surface area contributed by atoms with Crippen molar-refractivity contribution < 1.29 is 9.53 Å². The first-order valence-electron chi connectivity index (χ1n) is 8.82. The fourth-order valence-electron chi connectivity index (χ4n) is 3.00. The number of imidazole rings is 1. The van der Waals surface area contributed by atoms with Crippen LogP contribution in [-0.2, 0) is 9.53 Å². The van der Waals surface area contributed by atoms with Crippen molar-refractivity contribution in [2.24, 2.45) is 0 Å². The highest BCUT2D eigenvalue weighted by Crippen LogP contribution is 2.38. The van der Waals surface area contributed by atoms with E-state index in [9.17, 15) is 4.79 Å². The van der Waals surface area contributed by atoms with Gasteiger partial charge in [0.25, 0.3) is 0 Å². The van der Waals surface area contributed by atoms with Crippen LogP contribution >= 0.6 is 24.2 Å². The molecular weight excluding hydrogens is 372 g/mol. The molecule has 0 radical (unpaired) electrons. The van der Waals surface area contributed by atoms with E-state index in [-0.39, 0.29) is 17.9 Å². The van der Waals surface area contributed by atoms with Crippen molar-refractivity contribution in [2.45, 2.75) is 63.5 Å². The summed E-state index contributed by atoms with van der Waals surface area (Å²) in [5.41, 5.74) is 0.638.